The lowest BCUT2D eigenvalue weighted by atomic mass is 10.5. The quantitative estimate of drug-likeness (QED) is 0.687. The van der Waals surface area contributed by atoms with Gasteiger partial charge in [0.1, 0.15) is 5.52 Å². The van der Waals surface area contributed by atoms with Gasteiger partial charge in [0, 0.05) is 12.5 Å². The lowest BCUT2D eigenvalue weighted by Gasteiger charge is -1.97. The molecule has 1 N–H and O–H groups in total. The van der Waals surface area contributed by atoms with Gasteiger partial charge in [-0.05, 0) is 12.1 Å². The highest BCUT2D eigenvalue weighted by molar-refractivity contribution is 7.90. The van der Waals surface area contributed by atoms with Crippen LogP contribution in [0.25, 0.3) is 5.52 Å². The van der Waals surface area contributed by atoms with E-state index in [9.17, 15) is 13.2 Å². The third-order valence-corrected chi connectivity index (χ3v) is 2.62. The molecule has 0 aromatic carbocycles. The Morgan fingerprint density at radius 2 is 2.21 bits per heavy atom. The second kappa shape index (κ2) is 2.68. The van der Waals surface area contributed by atoms with Gasteiger partial charge < -0.3 is 0 Å². The van der Waals surface area contributed by atoms with Gasteiger partial charge in [-0.2, -0.15) is 0 Å². The first-order valence-electron chi connectivity index (χ1n) is 3.76. The molecule has 0 saturated heterocycles. The molecule has 0 unspecified atom stereocenters. The molecule has 0 radical (unpaired) electrons. The zero-order valence-electron chi connectivity index (χ0n) is 7.26. The molecule has 0 spiro atoms. The number of sulfone groups is 1. The maximum atomic E-state index is 11.3. The number of H-pyrrole nitrogens is 1. The summed E-state index contributed by atoms with van der Waals surface area (Å²) in [4.78, 5) is 13.5. The fourth-order valence-corrected chi connectivity index (χ4v) is 1.60. The molecule has 0 bridgehead atoms. The van der Waals surface area contributed by atoms with E-state index >= 15 is 0 Å². The summed E-state index contributed by atoms with van der Waals surface area (Å²) in [5.74, 6) is 0. The number of aromatic nitrogens is 3. The monoisotopic (exact) mass is 213 g/mol. The second-order valence-electron chi connectivity index (χ2n) is 2.87. The molecule has 74 valence electrons. The van der Waals surface area contributed by atoms with Gasteiger partial charge in [0.15, 0.2) is 0 Å². The van der Waals surface area contributed by atoms with Gasteiger partial charge in [-0.3, -0.25) is 9.78 Å². The third-order valence-electron chi connectivity index (χ3n) is 1.73. The van der Waals surface area contributed by atoms with Crippen molar-refractivity contribution in [3.8, 4) is 0 Å². The molecule has 0 aliphatic heterocycles. The number of fused-ring (bicyclic) bond motifs is 1. The number of hydrogen-bond donors (Lipinski definition) is 1. The van der Waals surface area contributed by atoms with Crippen LogP contribution < -0.4 is 5.56 Å². The van der Waals surface area contributed by atoms with Crippen molar-refractivity contribution in [3.63, 3.8) is 0 Å². The molecule has 0 saturated carbocycles. The smallest absolute Gasteiger partial charge is 0.276 e. The first kappa shape index (κ1) is 8.95. The van der Waals surface area contributed by atoms with Crippen LogP contribution in [-0.2, 0) is 9.84 Å². The van der Waals surface area contributed by atoms with E-state index in [0.29, 0.717) is 5.52 Å². The van der Waals surface area contributed by atoms with Gasteiger partial charge >= 0.3 is 0 Å². The zero-order chi connectivity index (χ0) is 10.3. The van der Waals surface area contributed by atoms with Crippen molar-refractivity contribution in [2.75, 3.05) is 6.26 Å². The van der Waals surface area contributed by atoms with Gasteiger partial charge in [0.25, 0.3) is 5.56 Å². The topological polar surface area (TPSA) is 84.3 Å². The standard InChI is InChI=1S/C7H7N3O3S/c1-14(12,13)7-8-6(11)5-3-2-4-10(5)9-7/h2-4H,1H3,(H,8,9,11). The first-order valence-corrected chi connectivity index (χ1v) is 5.65. The van der Waals surface area contributed by atoms with Crippen molar-refractivity contribution in [1.29, 1.82) is 0 Å². The highest BCUT2D eigenvalue weighted by Crippen LogP contribution is 2.00. The first-order chi connectivity index (χ1) is 6.48. The average Bonchev–Trinajstić information content (AvgIpc) is 2.50. The molecule has 0 aliphatic carbocycles. The zero-order valence-corrected chi connectivity index (χ0v) is 8.08. The Balaban J connectivity index is 2.91. The third kappa shape index (κ3) is 1.31. The van der Waals surface area contributed by atoms with Gasteiger partial charge in [-0.15, -0.1) is 5.10 Å². The molecule has 2 aromatic rings. The Kier molecular flexibility index (Phi) is 1.71. The summed E-state index contributed by atoms with van der Waals surface area (Å²) in [7, 11) is -3.48. The fourth-order valence-electron chi connectivity index (χ4n) is 1.09. The Labute approximate surface area is 79.1 Å². The summed E-state index contributed by atoms with van der Waals surface area (Å²) in [6, 6.07) is 3.17. The largest absolute Gasteiger partial charge is 0.294 e. The van der Waals surface area contributed by atoms with Crippen LogP contribution in [-0.4, -0.2) is 29.3 Å². The van der Waals surface area contributed by atoms with Crippen LogP contribution in [0.4, 0.5) is 0 Å². The van der Waals surface area contributed by atoms with E-state index in [1.165, 1.54) is 10.7 Å². The summed E-state index contributed by atoms with van der Waals surface area (Å²) in [6.07, 6.45) is 2.50. The highest BCUT2D eigenvalue weighted by Gasteiger charge is 2.12. The predicted molar refractivity (Wildman–Crippen MR) is 48.9 cm³/mol. The van der Waals surface area contributed by atoms with Crippen molar-refractivity contribution >= 4 is 15.4 Å². The lowest BCUT2D eigenvalue weighted by Crippen LogP contribution is -2.18. The summed E-state index contributed by atoms with van der Waals surface area (Å²) in [5.41, 5.74) is -0.150. The minimum atomic E-state index is -3.48. The van der Waals surface area contributed by atoms with Crippen LogP contribution in [0.15, 0.2) is 28.3 Å². The van der Waals surface area contributed by atoms with Gasteiger partial charge in [0.05, 0.1) is 0 Å². The average molecular weight is 213 g/mol. The van der Waals surface area contributed by atoms with Crippen LogP contribution in [0.2, 0.25) is 0 Å². The van der Waals surface area contributed by atoms with Crippen LogP contribution >= 0.6 is 0 Å². The number of hydrogen-bond acceptors (Lipinski definition) is 4. The van der Waals surface area contributed by atoms with Crippen molar-refractivity contribution in [3.05, 3.63) is 28.7 Å². The SMILES string of the molecule is CS(=O)(=O)c1nn2cccc2c(=O)[nH]1. The number of nitrogens with zero attached hydrogens (tertiary/aromatic N) is 2. The Hall–Kier alpha value is -1.63. The van der Waals surface area contributed by atoms with E-state index in [4.69, 9.17) is 0 Å². The van der Waals surface area contributed by atoms with E-state index in [-0.39, 0.29) is 5.16 Å². The maximum Gasteiger partial charge on any atom is 0.276 e. The molecule has 0 fully saturated rings. The Morgan fingerprint density at radius 1 is 1.50 bits per heavy atom. The van der Waals surface area contributed by atoms with Gasteiger partial charge in [-0.25, -0.2) is 12.9 Å². The van der Waals surface area contributed by atoms with E-state index in [1.54, 1.807) is 12.1 Å². The fraction of sp³-hybridized carbons (Fsp3) is 0.143. The normalized spacial score (nSPS) is 12.1. The molecule has 2 rings (SSSR count). The number of rotatable bonds is 1. The van der Waals surface area contributed by atoms with Gasteiger partial charge in [0.2, 0.25) is 15.0 Å². The van der Waals surface area contributed by atoms with E-state index in [0.717, 1.165) is 6.26 Å². The molecule has 0 amide bonds. The minimum absolute atomic E-state index is 0.317. The van der Waals surface area contributed by atoms with Crippen molar-refractivity contribution in [2.24, 2.45) is 0 Å². The van der Waals surface area contributed by atoms with Crippen LogP contribution in [0.3, 0.4) is 0 Å². The molecular weight excluding hydrogens is 206 g/mol. The van der Waals surface area contributed by atoms with Crippen LogP contribution in [0.5, 0.6) is 0 Å². The second-order valence-corrected chi connectivity index (χ2v) is 4.80. The van der Waals surface area contributed by atoms with Crippen LogP contribution in [0.1, 0.15) is 0 Å². The van der Waals surface area contributed by atoms with Crippen molar-refractivity contribution in [2.45, 2.75) is 5.16 Å². The number of aromatic amines is 1. The maximum absolute atomic E-state index is 11.3. The summed E-state index contributed by atoms with van der Waals surface area (Å²) in [5, 5.41) is 3.41. The highest BCUT2D eigenvalue weighted by atomic mass is 32.2. The van der Waals surface area contributed by atoms with Crippen LogP contribution in [0, 0.1) is 0 Å². The van der Waals surface area contributed by atoms with Crippen molar-refractivity contribution in [1.82, 2.24) is 14.6 Å². The summed E-state index contributed by atoms with van der Waals surface area (Å²) in [6.45, 7) is 0. The summed E-state index contributed by atoms with van der Waals surface area (Å²) >= 11 is 0. The molecule has 14 heavy (non-hydrogen) atoms. The minimum Gasteiger partial charge on any atom is -0.294 e. The molecular formula is C7H7N3O3S. The Morgan fingerprint density at radius 3 is 2.86 bits per heavy atom. The lowest BCUT2D eigenvalue weighted by molar-refractivity contribution is 0.586. The Bertz CT molecular complexity index is 637. The molecule has 0 aliphatic rings. The molecule has 6 nitrogen and oxygen atoms in total. The van der Waals surface area contributed by atoms with E-state index < -0.39 is 15.4 Å². The number of nitrogens with one attached hydrogen (secondary N) is 1. The van der Waals surface area contributed by atoms with E-state index in [2.05, 4.69) is 10.1 Å². The van der Waals surface area contributed by atoms with Crippen molar-refractivity contribution < 1.29 is 8.42 Å². The van der Waals surface area contributed by atoms with Gasteiger partial charge in [-0.1, -0.05) is 0 Å². The molecule has 0 atom stereocenters. The molecule has 2 aromatic heterocycles. The molecule has 7 heteroatoms. The van der Waals surface area contributed by atoms with E-state index in [1.807, 2.05) is 0 Å². The molecule has 2 heterocycles. The predicted octanol–water partition coefficient (Wildman–Crippen LogP) is -0.574. The summed E-state index contributed by atoms with van der Waals surface area (Å²) < 4.78 is 23.4.